The van der Waals surface area contributed by atoms with Crippen molar-refractivity contribution in [3.05, 3.63) is 0 Å². The molecular weight excluding hydrogens is 262 g/mol. The summed E-state index contributed by atoms with van der Waals surface area (Å²) in [6.07, 6.45) is 6.68. The second kappa shape index (κ2) is 8.55. The lowest BCUT2D eigenvalue weighted by Crippen LogP contribution is -2.41. The van der Waals surface area contributed by atoms with Crippen LogP contribution in [0.4, 0.5) is 0 Å². The number of hydrogen-bond donors (Lipinski definition) is 3. The summed E-state index contributed by atoms with van der Waals surface area (Å²) in [5.74, 6) is -2.20. The van der Waals surface area contributed by atoms with Gasteiger partial charge in [-0.3, -0.25) is 9.59 Å². The number of rotatable bonds is 7. The molecule has 1 amide bonds. The molecule has 6 heteroatoms. The Labute approximate surface area is 118 Å². The summed E-state index contributed by atoms with van der Waals surface area (Å²) in [7, 11) is 0. The lowest BCUT2D eigenvalue weighted by atomic mass is 9.96. The molecule has 1 aliphatic rings. The summed E-state index contributed by atoms with van der Waals surface area (Å²) in [6.45, 7) is 0. The quantitative estimate of drug-likeness (QED) is 0.619. The van der Waals surface area contributed by atoms with Crippen molar-refractivity contribution in [2.24, 2.45) is 5.92 Å². The van der Waals surface area contributed by atoms with Crippen LogP contribution in [0.15, 0.2) is 0 Å². The van der Waals surface area contributed by atoms with Gasteiger partial charge in [0.2, 0.25) is 5.91 Å². The van der Waals surface area contributed by atoms with Crippen LogP contribution in [0, 0.1) is 5.92 Å². The maximum Gasteiger partial charge on any atom is 0.326 e. The van der Waals surface area contributed by atoms with Crippen molar-refractivity contribution in [2.45, 2.75) is 63.8 Å². The van der Waals surface area contributed by atoms with Crippen LogP contribution in [0.1, 0.15) is 57.8 Å². The Balaban J connectivity index is 2.40. The topological polar surface area (TPSA) is 104 Å². The zero-order chi connectivity index (χ0) is 15.0. The fraction of sp³-hybridized carbons (Fsp3) is 0.786. The van der Waals surface area contributed by atoms with Crippen LogP contribution in [0.3, 0.4) is 0 Å². The zero-order valence-electron chi connectivity index (χ0n) is 11.6. The smallest absolute Gasteiger partial charge is 0.326 e. The van der Waals surface area contributed by atoms with Crippen LogP contribution in [-0.2, 0) is 14.4 Å². The van der Waals surface area contributed by atoms with E-state index < -0.39 is 18.0 Å². The maximum atomic E-state index is 11.9. The molecule has 0 bridgehead atoms. The highest BCUT2D eigenvalue weighted by Crippen LogP contribution is 2.25. The molecule has 6 nitrogen and oxygen atoms in total. The highest BCUT2D eigenvalue weighted by atomic mass is 16.4. The molecule has 1 aliphatic carbocycles. The highest BCUT2D eigenvalue weighted by Gasteiger charge is 2.23. The van der Waals surface area contributed by atoms with Crippen molar-refractivity contribution < 1.29 is 24.6 Å². The van der Waals surface area contributed by atoms with Gasteiger partial charge in [-0.05, 0) is 25.2 Å². The fourth-order valence-electron chi connectivity index (χ4n) is 2.61. The third-order valence-electron chi connectivity index (χ3n) is 3.73. The van der Waals surface area contributed by atoms with E-state index in [2.05, 4.69) is 5.32 Å². The molecule has 1 rings (SSSR count). The summed E-state index contributed by atoms with van der Waals surface area (Å²) in [5.41, 5.74) is 0. The lowest BCUT2D eigenvalue weighted by Gasteiger charge is -2.17. The van der Waals surface area contributed by atoms with Gasteiger partial charge in [0.15, 0.2) is 0 Å². The zero-order valence-corrected chi connectivity index (χ0v) is 11.6. The molecule has 0 aromatic heterocycles. The SMILES string of the molecule is O=C(O)CC[C@H](NC(=O)CC1CCCCCC1)C(=O)O. The molecule has 0 aromatic carbocycles. The van der Waals surface area contributed by atoms with Crippen molar-refractivity contribution in [1.29, 1.82) is 0 Å². The molecular formula is C14H23NO5. The summed E-state index contributed by atoms with van der Waals surface area (Å²) < 4.78 is 0. The molecule has 0 saturated heterocycles. The number of aliphatic carboxylic acids is 2. The van der Waals surface area contributed by atoms with E-state index in [1.807, 2.05) is 0 Å². The van der Waals surface area contributed by atoms with Gasteiger partial charge in [0.25, 0.3) is 0 Å². The van der Waals surface area contributed by atoms with E-state index in [9.17, 15) is 14.4 Å². The number of hydrogen-bond acceptors (Lipinski definition) is 3. The molecule has 1 atom stereocenters. The highest BCUT2D eigenvalue weighted by molar-refractivity contribution is 5.84. The van der Waals surface area contributed by atoms with Crippen LogP contribution in [-0.4, -0.2) is 34.1 Å². The molecule has 0 unspecified atom stereocenters. The Bertz CT molecular complexity index is 347. The van der Waals surface area contributed by atoms with Gasteiger partial charge in [0.1, 0.15) is 6.04 Å². The molecule has 1 saturated carbocycles. The predicted octanol–water partition coefficient (Wildman–Crippen LogP) is 1.78. The molecule has 0 spiro atoms. The Hall–Kier alpha value is -1.59. The van der Waals surface area contributed by atoms with Gasteiger partial charge in [-0.2, -0.15) is 0 Å². The monoisotopic (exact) mass is 285 g/mol. The van der Waals surface area contributed by atoms with Crippen molar-refractivity contribution in [1.82, 2.24) is 5.32 Å². The summed E-state index contributed by atoms with van der Waals surface area (Å²) in [4.78, 5) is 33.3. The first kappa shape index (κ1) is 16.5. The average Bonchev–Trinajstić information content (AvgIpc) is 2.62. The first-order valence-electron chi connectivity index (χ1n) is 7.23. The van der Waals surface area contributed by atoms with Gasteiger partial charge in [-0.15, -0.1) is 0 Å². The van der Waals surface area contributed by atoms with E-state index in [0.717, 1.165) is 25.7 Å². The van der Waals surface area contributed by atoms with Crippen LogP contribution in [0.25, 0.3) is 0 Å². The van der Waals surface area contributed by atoms with E-state index in [1.165, 1.54) is 12.8 Å². The number of carboxylic acids is 2. The van der Waals surface area contributed by atoms with Crippen molar-refractivity contribution in [3.8, 4) is 0 Å². The molecule has 0 heterocycles. The molecule has 0 aromatic rings. The van der Waals surface area contributed by atoms with Crippen molar-refractivity contribution in [3.63, 3.8) is 0 Å². The van der Waals surface area contributed by atoms with Gasteiger partial charge in [0.05, 0.1) is 0 Å². The molecule has 114 valence electrons. The van der Waals surface area contributed by atoms with E-state index in [-0.39, 0.29) is 18.7 Å². The molecule has 0 aliphatic heterocycles. The number of carbonyl (C=O) groups excluding carboxylic acids is 1. The largest absolute Gasteiger partial charge is 0.481 e. The van der Waals surface area contributed by atoms with Gasteiger partial charge < -0.3 is 15.5 Å². The van der Waals surface area contributed by atoms with Gasteiger partial charge >= 0.3 is 11.9 Å². The van der Waals surface area contributed by atoms with Gasteiger partial charge in [0, 0.05) is 12.8 Å². The molecule has 3 N–H and O–H groups in total. The number of amides is 1. The second-order valence-electron chi connectivity index (χ2n) is 5.45. The van der Waals surface area contributed by atoms with E-state index in [0.29, 0.717) is 12.3 Å². The number of nitrogens with one attached hydrogen (secondary N) is 1. The standard InChI is InChI=1S/C14H23NO5/c16-12(9-10-5-3-1-2-4-6-10)15-11(14(19)20)7-8-13(17)18/h10-11H,1-9H2,(H,15,16)(H,17,18)(H,19,20)/t11-/m0/s1. The molecule has 20 heavy (non-hydrogen) atoms. The average molecular weight is 285 g/mol. The molecule has 0 radical (unpaired) electrons. The Morgan fingerprint density at radius 1 is 1.05 bits per heavy atom. The minimum atomic E-state index is -1.18. The van der Waals surface area contributed by atoms with Crippen LogP contribution >= 0.6 is 0 Å². The fourth-order valence-corrected chi connectivity index (χ4v) is 2.61. The van der Waals surface area contributed by atoms with Crippen molar-refractivity contribution in [2.75, 3.05) is 0 Å². The predicted molar refractivity (Wildman–Crippen MR) is 72.2 cm³/mol. The van der Waals surface area contributed by atoms with Gasteiger partial charge in [-0.1, -0.05) is 25.7 Å². The summed E-state index contributed by atoms with van der Waals surface area (Å²) >= 11 is 0. The first-order valence-corrected chi connectivity index (χ1v) is 7.23. The third kappa shape index (κ3) is 6.54. The normalized spacial score (nSPS) is 18.0. The Morgan fingerprint density at radius 3 is 2.15 bits per heavy atom. The third-order valence-corrected chi connectivity index (χ3v) is 3.73. The van der Waals surface area contributed by atoms with Crippen LogP contribution < -0.4 is 5.32 Å². The second-order valence-corrected chi connectivity index (χ2v) is 5.45. The van der Waals surface area contributed by atoms with E-state index >= 15 is 0 Å². The van der Waals surface area contributed by atoms with E-state index in [1.54, 1.807) is 0 Å². The Kier molecular flexibility index (Phi) is 7.04. The van der Waals surface area contributed by atoms with Crippen molar-refractivity contribution >= 4 is 17.8 Å². The van der Waals surface area contributed by atoms with Gasteiger partial charge in [-0.25, -0.2) is 4.79 Å². The summed E-state index contributed by atoms with van der Waals surface area (Å²) in [5, 5.41) is 20.0. The minimum Gasteiger partial charge on any atom is -0.481 e. The maximum absolute atomic E-state index is 11.9. The number of carbonyl (C=O) groups is 3. The first-order chi connectivity index (χ1) is 9.49. The van der Waals surface area contributed by atoms with Crippen LogP contribution in [0.5, 0.6) is 0 Å². The molecule has 1 fully saturated rings. The Morgan fingerprint density at radius 2 is 1.65 bits per heavy atom. The number of carboxylic acid groups (broad SMARTS) is 2. The lowest BCUT2D eigenvalue weighted by molar-refractivity contribution is -0.143. The minimum absolute atomic E-state index is 0.0823. The van der Waals surface area contributed by atoms with E-state index in [4.69, 9.17) is 10.2 Å². The summed E-state index contributed by atoms with van der Waals surface area (Å²) in [6, 6.07) is -1.11. The van der Waals surface area contributed by atoms with Crippen LogP contribution in [0.2, 0.25) is 0 Å².